The molecule has 0 fully saturated rings. The summed E-state index contributed by atoms with van der Waals surface area (Å²) in [7, 11) is 1.60. The fraction of sp³-hybridized carbons (Fsp3) is 0.167. The van der Waals surface area contributed by atoms with E-state index in [-0.39, 0.29) is 16.6 Å². The van der Waals surface area contributed by atoms with Crippen molar-refractivity contribution in [1.82, 2.24) is 0 Å². The van der Waals surface area contributed by atoms with Crippen LogP contribution in [-0.4, -0.2) is 17.9 Å². The Hall–Kier alpha value is -2.86. The van der Waals surface area contributed by atoms with Gasteiger partial charge in [-0.05, 0) is 54.8 Å². The summed E-state index contributed by atoms with van der Waals surface area (Å²) in [5, 5.41) is 13.4. The lowest BCUT2D eigenvalue weighted by atomic mass is 10.0. The fourth-order valence-corrected chi connectivity index (χ4v) is 2.59. The fourth-order valence-electron chi connectivity index (χ4n) is 2.37. The van der Waals surface area contributed by atoms with Crippen LogP contribution in [0.3, 0.4) is 0 Å². The maximum absolute atomic E-state index is 12.1. The van der Waals surface area contributed by atoms with Gasteiger partial charge in [0.25, 0.3) is 5.69 Å². The number of ether oxygens (including phenoxy) is 1. The zero-order chi connectivity index (χ0) is 18.6. The average Bonchev–Trinajstić information content (AvgIpc) is 2.55. The minimum atomic E-state index is -0.549. The second kappa shape index (κ2) is 7.81. The highest BCUT2D eigenvalue weighted by Crippen LogP contribution is 2.27. The summed E-state index contributed by atoms with van der Waals surface area (Å²) in [6.07, 6.45) is 3.10. The number of hydrogen-bond acceptors (Lipinski definition) is 4. The lowest BCUT2D eigenvalue weighted by molar-refractivity contribution is -0.384. The number of carbonyl (C=O) groups excluding carboxylic acids is 1. The predicted molar refractivity (Wildman–Crippen MR) is 98.2 cm³/mol. The van der Waals surface area contributed by atoms with Crippen molar-refractivity contribution >= 4 is 35.0 Å². The average molecular weight is 361 g/mol. The van der Waals surface area contributed by atoms with Gasteiger partial charge in [0, 0.05) is 18.2 Å². The number of carbonyl (C=O) groups is 1. The molecule has 2 aromatic rings. The number of nitrogens with zero attached hydrogens (tertiary/aromatic N) is 1. The van der Waals surface area contributed by atoms with Gasteiger partial charge in [-0.25, -0.2) is 0 Å². The maximum atomic E-state index is 12.1. The molecule has 0 aliphatic carbocycles. The number of nitro groups is 1. The molecule has 7 heteroatoms. The third kappa shape index (κ3) is 4.58. The van der Waals surface area contributed by atoms with E-state index in [2.05, 4.69) is 5.32 Å². The number of amides is 1. The summed E-state index contributed by atoms with van der Waals surface area (Å²) in [5.74, 6) is 0.375. The molecule has 0 saturated heterocycles. The Kier molecular flexibility index (Phi) is 5.77. The van der Waals surface area contributed by atoms with Crippen LogP contribution in [0.4, 0.5) is 11.4 Å². The third-order valence-corrected chi connectivity index (χ3v) is 3.94. The lowest BCUT2D eigenvalue weighted by Gasteiger charge is -2.09. The molecule has 0 heterocycles. The van der Waals surface area contributed by atoms with E-state index in [0.717, 1.165) is 22.4 Å². The van der Waals surface area contributed by atoms with Crippen molar-refractivity contribution in [3.05, 3.63) is 68.2 Å². The standard InChI is InChI=1S/C18H17ClN2O4/c1-11-8-14(25-3)9-12(2)15(11)5-7-18(22)20-17-6-4-13(21(23)24)10-16(17)19/h4-10H,1-3H3,(H,20,22)/b7-5+. The second-order valence-corrected chi connectivity index (χ2v) is 5.83. The van der Waals surface area contributed by atoms with Gasteiger partial charge in [-0.3, -0.25) is 14.9 Å². The van der Waals surface area contributed by atoms with Gasteiger partial charge in [0.2, 0.25) is 5.91 Å². The molecule has 6 nitrogen and oxygen atoms in total. The lowest BCUT2D eigenvalue weighted by Crippen LogP contribution is -2.08. The molecule has 0 unspecified atom stereocenters. The largest absolute Gasteiger partial charge is 0.497 e. The Morgan fingerprint density at radius 3 is 2.40 bits per heavy atom. The van der Waals surface area contributed by atoms with Crippen LogP contribution >= 0.6 is 11.6 Å². The molecule has 0 saturated carbocycles. The van der Waals surface area contributed by atoms with Crippen LogP contribution in [0, 0.1) is 24.0 Å². The maximum Gasteiger partial charge on any atom is 0.271 e. The zero-order valence-corrected chi connectivity index (χ0v) is 14.8. The molecule has 0 aliphatic rings. The van der Waals surface area contributed by atoms with Gasteiger partial charge in [0.1, 0.15) is 5.75 Å². The van der Waals surface area contributed by atoms with Crippen molar-refractivity contribution < 1.29 is 14.5 Å². The van der Waals surface area contributed by atoms with Crippen molar-refractivity contribution in [1.29, 1.82) is 0 Å². The van der Waals surface area contributed by atoms with E-state index in [9.17, 15) is 14.9 Å². The van der Waals surface area contributed by atoms with Crippen LogP contribution in [0.2, 0.25) is 5.02 Å². The summed E-state index contributed by atoms with van der Waals surface area (Å²) in [6.45, 7) is 3.86. The number of anilines is 1. The van der Waals surface area contributed by atoms with Crippen LogP contribution in [0.1, 0.15) is 16.7 Å². The molecule has 0 radical (unpaired) electrons. The van der Waals surface area contributed by atoms with Gasteiger partial charge in [-0.15, -0.1) is 0 Å². The van der Waals surface area contributed by atoms with Crippen LogP contribution < -0.4 is 10.1 Å². The highest BCUT2D eigenvalue weighted by atomic mass is 35.5. The number of aryl methyl sites for hydroxylation is 2. The van der Waals surface area contributed by atoms with Crippen LogP contribution in [0.5, 0.6) is 5.75 Å². The van der Waals surface area contributed by atoms with E-state index in [1.807, 2.05) is 26.0 Å². The molecule has 1 amide bonds. The molecule has 0 aliphatic heterocycles. The van der Waals surface area contributed by atoms with Gasteiger partial charge >= 0.3 is 0 Å². The van der Waals surface area contributed by atoms with Crippen molar-refractivity contribution in [2.45, 2.75) is 13.8 Å². The molecular weight excluding hydrogens is 344 g/mol. The summed E-state index contributed by atoms with van der Waals surface area (Å²) in [4.78, 5) is 22.2. The van der Waals surface area contributed by atoms with Crippen LogP contribution in [-0.2, 0) is 4.79 Å². The quantitative estimate of drug-likeness (QED) is 0.482. The topological polar surface area (TPSA) is 81.5 Å². The minimum absolute atomic E-state index is 0.104. The molecule has 0 spiro atoms. The number of nitro benzene ring substituents is 1. The number of nitrogens with one attached hydrogen (secondary N) is 1. The summed E-state index contributed by atoms with van der Waals surface area (Å²) >= 11 is 5.96. The molecule has 0 bridgehead atoms. The number of benzene rings is 2. The first kappa shape index (κ1) is 18.5. The molecule has 130 valence electrons. The Balaban J connectivity index is 2.15. The van der Waals surface area contributed by atoms with Gasteiger partial charge < -0.3 is 10.1 Å². The highest BCUT2D eigenvalue weighted by molar-refractivity contribution is 6.34. The van der Waals surface area contributed by atoms with E-state index < -0.39 is 4.92 Å². The smallest absolute Gasteiger partial charge is 0.271 e. The monoisotopic (exact) mass is 360 g/mol. The summed E-state index contributed by atoms with van der Waals surface area (Å²) in [6, 6.07) is 7.65. The number of methoxy groups -OCH3 is 1. The van der Waals surface area contributed by atoms with Crippen LogP contribution in [0.15, 0.2) is 36.4 Å². The molecule has 1 N–H and O–H groups in total. The molecule has 0 atom stereocenters. The Labute approximate surface area is 150 Å². The SMILES string of the molecule is COc1cc(C)c(/C=C/C(=O)Nc2ccc([N+](=O)[O-])cc2Cl)c(C)c1. The van der Waals surface area contributed by atoms with E-state index >= 15 is 0 Å². The number of halogens is 1. The number of non-ortho nitro benzene ring substituents is 1. The normalized spacial score (nSPS) is 10.7. The van der Waals surface area contributed by atoms with E-state index in [1.54, 1.807) is 13.2 Å². The van der Waals surface area contributed by atoms with Crippen LogP contribution in [0.25, 0.3) is 6.08 Å². The van der Waals surface area contributed by atoms with Crippen molar-refractivity contribution in [3.63, 3.8) is 0 Å². The first-order valence-corrected chi connectivity index (χ1v) is 7.78. The summed E-state index contributed by atoms with van der Waals surface area (Å²) in [5.41, 5.74) is 3.06. The Bertz CT molecular complexity index is 839. The number of hydrogen-bond donors (Lipinski definition) is 1. The first-order valence-electron chi connectivity index (χ1n) is 7.40. The Morgan fingerprint density at radius 1 is 1.24 bits per heavy atom. The first-order chi connectivity index (χ1) is 11.8. The number of rotatable bonds is 5. The highest BCUT2D eigenvalue weighted by Gasteiger charge is 2.10. The van der Waals surface area contributed by atoms with Crippen molar-refractivity contribution in [2.24, 2.45) is 0 Å². The second-order valence-electron chi connectivity index (χ2n) is 5.42. The Morgan fingerprint density at radius 2 is 1.88 bits per heavy atom. The molecule has 2 aromatic carbocycles. The van der Waals surface area contributed by atoms with Crippen molar-refractivity contribution in [3.8, 4) is 5.75 Å². The molecule has 2 rings (SSSR count). The summed E-state index contributed by atoms with van der Waals surface area (Å²) < 4.78 is 5.21. The molecule has 25 heavy (non-hydrogen) atoms. The third-order valence-electron chi connectivity index (χ3n) is 3.63. The van der Waals surface area contributed by atoms with Gasteiger partial charge in [0.05, 0.1) is 22.7 Å². The van der Waals surface area contributed by atoms with E-state index in [4.69, 9.17) is 16.3 Å². The molecule has 0 aromatic heterocycles. The minimum Gasteiger partial charge on any atom is -0.497 e. The van der Waals surface area contributed by atoms with E-state index in [0.29, 0.717) is 5.69 Å². The van der Waals surface area contributed by atoms with Crippen molar-refractivity contribution in [2.75, 3.05) is 12.4 Å². The van der Waals surface area contributed by atoms with Gasteiger partial charge in [-0.1, -0.05) is 11.6 Å². The van der Waals surface area contributed by atoms with Gasteiger partial charge in [-0.2, -0.15) is 0 Å². The molecular formula is C18H17ClN2O4. The predicted octanol–water partition coefficient (Wildman–Crippen LogP) is 4.53. The van der Waals surface area contributed by atoms with Gasteiger partial charge in [0.15, 0.2) is 0 Å². The zero-order valence-electron chi connectivity index (χ0n) is 14.0. The van der Waals surface area contributed by atoms with E-state index in [1.165, 1.54) is 24.3 Å².